The van der Waals surface area contributed by atoms with Crippen molar-refractivity contribution in [3.8, 4) is 0 Å². The molecule has 0 heterocycles. The molecule has 0 aliphatic rings. The third kappa shape index (κ3) is 4.94. The zero-order chi connectivity index (χ0) is 9.07. The predicted octanol–water partition coefficient (Wildman–Crippen LogP) is 1.76. The highest BCUT2D eigenvalue weighted by molar-refractivity contribution is 7.81. The number of esters is 1. The van der Waals surface area contributed by atoms with Gasteiger partial charge in [-0.3, -0.25) is 4.79 Å². The average molecular weight is 188 g/mol. The number of rotatable bonds is 2. The first-order valence-corrected chi connectivity index (χ1v) is 3.36. The molecule has 0 saturated heterocycles. The first-order chi connectivity index (χ1) is 4.87. The van der Waals surface area contributed by atoms with E-state index in [1.807, 2.05) is 0 Å². The first kappa shape index (κ1) is 10.6. The Hall–Kier alpha value is -0.390. The van der Waals surface area contributed by atoms with E-state index in [4.69, 9.17) is 0 Å². The van der Waals surface area contributed by atoms with Crippen LogP contribution in [0, 0.1) is 0 Å². The van der Waals surface area contributed by atoms with E-state index >= 15 is 0 Å². The molecular formula is C5H7F3O2S. The molecule has 1 atom stereocenters. The minimum absolute atomic E-state index is 0.206. The fourth-order valence-electron chi connectivity index (χ4n) is 0.349. The van der Waals surface area contributed by atoms with Crippen LogP contribution in [0.25, 0.3) is 0 Å². The van der Waals surface area contributed by atoms with Gasteiger partial charge in [0.1, 0.15) is 0 Å². The van der Waals surface area contributed by atoms with Crippen LogP contribution in [0.2, 0.25) is 0 Å². The Labute approximate surface area is 67.1 Å². The Morgan fingerprint density at radius 3 is 2.36 bits per heavy atom. The molecule has 0 amide bonds. The smallest absolute Gasteiger partial charge is 0.372 e. The van der Waals surface area contributed by atoms with E-state index in [1.165, 1.54) is 6.92 Å². The lowest BCUT2D eigenvalue weighted by Gasteiger charge is -2.09. The number of thiol groups is 1. The van der Waals surface area contributed by atoms with E-state index in [2.05, 4.69) is 17.4 Å². The van der Waals surface area contributed by atoms with Crippen molar-refractivity contribution in [1.82, 2.24) is 0 Å². The standard InChI is InChI=1S/C5H7F3O2S/c1-2-3(11)4(9)10-5(6,7)8/h3,11H,2H2,1H3. The lowest BCUT2D eigenvalue weighted by molar-refractivity contribution is -0.305. The topological polar surface area (TPSA) is 26.3 Å². The fraction of sp³-hybridized carbons (Fsp3) is 0.800. The monoisotopic (exact) mass is 188 g/mol. The van der Waals surface area contributed by atoms with E-state index in [9.17, 15) is 18.0 Å². The summed E-state index contributed by atoms with van der Waals surface area (Å²) < 4.78 is 37.1. The van der Waals surface area contributed by atoms with Crippen LogP contribution in [-0.2, 0) is 9.53 Å². The van der Waals surface area contributed by atoms with Crippen LogP contribution >= 0.6 is 12.6 Å². The van der Waals surface area contributed by atoms with Crippen molar-refractivity contribution in [1.29, 1.82) is 0 Å². The van der Waals surface area contributed by atoms with Crippen molar-refractivity contribution in [2.45, 2.75) is 25.0 Å². The Morgan fingerprint density at radius 1 is 1.64 bits per heavy atom. The van der Waals surface area contributed by atoms with E-state index in [1.54, 1.807) is 0 Å². The molecule has 0 N–H and O–H groups in total. The molecule has 0 aliphatic carbocycles. The molecule has 0 fully saturated rings. The molecule has 0 saturated carbocycles. The number of carbonyl (C=O) groups excluding carboxylic acids is 1. The molecule has 0 aromatic rings. The molecule has 66 valence electrons. The summed E-state index contributed by atoms with van der Waals surface area (Å²) in [5.74, 6) is -1.36. The summed E-state index contributed by atoms with van der Waals surface area (Å²) in [7, 11) is 0. The van der Waals surface area contributed by atoms with Crippen LogP contribution in [0.1, 0.15) is 13.3 Å². The van der Waals surface area contributed by atoms with E-state index in [-0.39, 0.29) is 6.42 Å². The van der Waals surface area contributed by atoms with Crippen LogP contribution in [0.15, 0.2) is 0 Å². The summed E-state index contributed by atoms with van der Waals surface area (Å²) in [6.07, 6.45) is -4.69. The minimum atomic E-state index is -4.90. The Balaban J connectivity index is 3.88. The summed E-state index contributed by atoms with van der Waals surface area (Å²) in [5, 5.41) is -1.00. The lowest BCUT2D eigenvalue weighted by atomic mass is 10.3. The summed E-state index contributed by atoms with van der Waals surface area (Å²) in [6.45, 7) is 1.54. The molecule has 0 aliphatic heterocycles. The van der Waals surface area contributed by atoms with Gasteiger partial charge in [-0.2, -0.15) is 12.6 Å². The SMILES string of the molecule is CCC(S)C(=O)OC(F)(F)F. The fourth-order valence-corrected chi connectivity index (χ4v) is 0.401. The van der Waals surface area contributed by atoms with Crippen molar-refractivity contribution in [3.63, 3.8) is 0 Å². The van der Waals surface area contributed by atoms with Gasteiger partial charge in [-0.1, -0.05) is 6.92 Å². The van der Waals surface area contributed by atoms with Crippen LogP contribution in [0.3, 0.4) is 0 Å². The van der Waals surface area contributed by atoms with Gasteiger partial charge in [0.25, 0.3) is 0 Å². The molecule has 11 heavy (non-hydrogen) atoms. The number of alkyl halides is 3. The zero-order valence-corrected chi connectivity index (χ0v) is 6.58. The molecular weight excluding hydrogens is 181 g/mol. The van der Waals surface area contributed by atoms with Gasteiger partial charge in [0, 0.05) is 0 Å². The molecule has 0 radical (unpaired) electrons. The summed E-state index contributed by atoms with van der Waals surface area (Å²) in [6, 6.07) is 0. The van der Waals surface area contributed by atoms with E-state index < -0.39 is 17.6 Å². The first-order valence-electron chi connectivity index (χ1n) is 2.84. The Morgan fingerprint density at radius 2 is 2.09 bits per heavy atom. The van der Waals surface area contributed by atoms with Crippen molar-refractivity contribution in [2.24, 2.45) is 0 Å². The summed E-state index contributed by atoms with van der Waals surface area (Å²) >= 11 is 3.56. The van der Waals surface area contributed by atoms with Crippen LogP contribution < -0.4 is 0 Å². The highest BCUT2D eigenvalue weighted by Gasteiger charge is 2.35. The average Bonchev–Trinajstić information content (AvgIpc) is 1.82. The molecule has 2 nitrogen and oxygen atoms in total. The zero-order valence-electron chi connectivity index (χ0n) is 5.68. The van der Waals surface area contributed by atoms with Gasteiger partial charge < -0.3 is 4.74 Å². The number of ether oxygens (including phenoxy) is 1. The Kier molecular flexibility index (Phi) is 3.71. The van der Waals surface area contributed by atoms with Gasteiger partial charge in [-0.25, -0.2) is 0 Å². The van der Waals surface area contributed by atoms with E-state index in [0.29, 0.717) is 0 Å². The maximum absolute atomic E-state index is 11.3. The van der Waals surface area contributed by atoms with Crippen LogP contribution in [-0.4, -0.2) is 17.6 Å². The number of hydrogen-bond donors (Lipinski definition) is 1. The lowest BCUT2D eigenvalue weighted by Crippen LogP contribution is -2.25. The quantitative estimate of drug-likeness (QED) is 0.528. The highest BCUT2D eigenvalue weighted by atomic mass is 32.1. The van der Waals surface area contributed by atoms with Gasteiger partial charge in [0.05, 0.1) is 5.25 Å². The maximum Gasteiger partial charge on any atom is 0.575 e. The summed E-state index contributed by atoms with van der Waals surface area (Å²) in [5.41, 5.74) is 0. The number of hydrogen-bond acceptors (Lipinski definition) is 3. The van der Waals surface area contributed by atoms with Crippen molar-refractivity contribution < 1.29 is 22.7 Å². The van der Waals surface area contributed by atoms with Gasteiger partial charge in [0.15, 0.2) is 0 Å². The predicted molar refractivity (Wildman–Crippen MR) is 35.2 cm³/mol. The molecule has 0 spiro atoms. The molecule has 0 rings (SSSR count). The molecule has 0 bridgehead atoms. The molecule has 0 aromatic carbocycles. The largest absolute Gasteiger partial charge is 0.575 e. The minimum Gasteiger partial charge on any atom is -0.372 e. The Bertz CT molecular complexity index is 145. The molecule has 0 aromatic heterocycles. The molecule has 1 unspecified atom stereocenters. The van der Waals surface area contributed by atoms with E-state index in [0.717, 1.165) is 0 Å². The number of carbonyl (C=O) groups is 1. The van der Waals surface area contributed by atoms with Crippen LogP contribution in [0.4, 0.5) is 13.2 Å². The van der Waals surface area contributed by atoms with Gasteiger partial charge >= 0.3 is 12.3 Å². The highest BCUT2D eigenvalue weighted by Crippen LogP contribution is 2.18. The maximum atomic E-state index is 11.3. The van der Waals surface area contributed by atoms with Gasteiger partial charge in [-0.05, 0) is 6.42 Å². The second-order valence-electron chi connectivity index (χ2n) is 1.79. The second-order valence-corrected chi connectivity index (χ2v) is 2.41. The third-order valence-electron chi connectivity index (χ3n) is 0.875. The van der Waals surface area contributed by atoms with Crippen molar-refractivity contribution >= 4 is 18.6 Å². The molecule has 6 heteroatoms. The van der Waals surface area contributed by atoms with Crippen LogP contribution in [0.5, 0.6) is 0 Å². The number of halogens is 3. The third-order valence-corrected chi connectivity index (χ3v) is 1.45. The normalized spacial score (nSPS) is 14.3. The van der Waals surface area contributed by atoms with Gasteiger partial charge in [-0.15, -0.1) is 13.2 Å². The summed E-state index contributed by atoms with van der Waals surface area (Å²) in [4.78, 5) is 10.4. The van der Waals surface area contributed by atoms with Gasteiger partial charge in [0.2, 0.25) is 0 Å². The van der Waals surface area contributed by atoms with Crippen molar-refractivity contribution in [2.75, 3.05) is 0 Å². The second kappa shape index (κ2) is 3.85. The van der Waals surface area contributed by atoms with Crippen molar-refractivity contribution in [3.05, 3.63) is 0 Å².